The summed E-state index contributed by atoms with van der Waals surface area (Å²) in [5.74, 6) is -0.0226. The Balaban J connectivity index is 1.40. The van der Waals surface area contributed by atoms with E-state index in [4.69, 9.17) is 0 Å². The lowest BCUT2D eigenvalue weighted by atomic mass is 10.1. The molecule has 2 aliphatic heterocycles. The second-order valence-corrected chi connectivity index (χ2v) is 7.83. The molecule has 2 fully saturated rings. The number of nitrogens with one attached hydrogen (secondary N) is 1. The average Bonchev–Trinajstić information content (AvgIpc) is 3.12. The van der Waals surface area contributed by atoms with Gasteiger partial charge in [-0.05, 0) is 43.5 Å². The lowest BCUT2D eigenvalue weighted by molar-refractivity contribution is -0.133. The second kappa shape index (κ2) is 7.22. The molecule has 2 unspecified atom stereocenters. The summed E-state index contributed by atoms with van der Waals surface area (Å²) in [6, 6.07) is 7.24. The predicted octanol–water partition coefficient (Wildman–Crippen LogP) is 2.77. The van der Waals surface area contributed by atoms with Crippen molar-refractivity contribution in [1.29, 1.82) is 0 Å². The molecule has 2 aromatic rings. The number of carbonyl (C=O) groups excluding carboxylic acids is 1. The molecule has 1 aromatic carbocycles. The minimum Gasteiger partial charge on any atom is -0.335 e. The van der Waals surface area contributed by atoms with Crippen LogP contribution in [0.3, 0.4) is 0 Å². The van der Waals surface area contributed by atoms with Crippen LogP contribution in [0, 0.1) is 5.82 Å². The largest absolute Gasteiger partial charge is 0.335 e. The third kappa shape index (κ3) is 3.75. The molecule has 3 heterocycles. The Labute approximate surface area is 151 Å². The number of amides is 1. The summed E-state index contributed by atoms with van der Waals surface area (Å²) in [5.41, 5.74) is 1.88. The van der Waals surface area contributed by atoms with Gasteiger partial charge < -0.3 is 10.2 Å². The number of thiazole rings is 1. The van der Waals surface area contributed by atoms with Crippen LogP contribution in [0.4, 0.5) is 4.39 Å². The first-order valence-corrected chi connectivity index (χ1v) is 9.76. The van der Waals surface area contributed by atoms with Gasteiger partial charge in [-0.1, -0.05) is 12.1 Å². The number of halogens is 1. The third-order valence-corrected chi connectivity index (χ3v) is 6.04. The zero-order chi connectivity index (χ0) is 17.2. The van der Waals surface area contributed by atoms with Crippen LogP contribution in [0.2, 0.25) is 0 Å². The molecule has 2 bridgehead atoms. The van der Waals surface area contributed by atoms with E-state index >= 15 is 0 Å². The van der Waals surface area contributed by atoms with E-state index in [-0.39, 0.29) is 11.7 Å². The van der Waals surface area contributed by atoms with Crippen molar-refractivity contribution in [3.63, 3.8) is 0 Å². The van der Waals surface area contributed by atoms with Gasteiger partial charge in [-0.3, -0.25) is 4.79 Å². The molecule has 132 valence electrons. The first-order chi connectivity index (χ1) is 12.2. The summed E-state index contributed by atoms with van der Waals surface area (Å²) in [7, 11) is 0. The van der Waals surface area contributed by atoms with Gasteiger partial charge in [0.25, 0.3) is 0 Å². The van der Waals surface area contributed by atoms with Crippen molar-refractivity contribution in [2.24, 2.45) is 0 Å². The first kappa shape index (κ1) is 16.7. The number of carbonyl (C=O) groups is 1. The molecule has 0 saturated carbocycles. The van der Waals surface area contributed by atoms with Crippen molar-refractivity contribution in [2.75, 3.05) is 13.1 Å². The molecule has 1 N–H and O–H groups in total. The Kier molecular flexibility index (Phi) is 4.81. The molecule has 6 heteroatoms. The molecule has 25 heavy (non-hydrogen) atoms. The standard InChI is InChI=1S/C19H22FN3OS/c20-14-3-1-13(2-4-14)9-18-22-15(12-25-18)10-19(24)23-16-5-6-17(23)11-21-8-7-16/h1-4,12,16-17,21H,5-11H2. The van der Waals surface area contributed by atoms with Crippen molar-refractivity contribution in [3.8, 4) is 0 Å². The van der Waals surface area contributed by atoms with E-state index in [1.54, 1.807) is 23.5 Å². The average molecular weight is 359 g/mol. The van der Waals surface area contributed by atoms with Crippen LogP contribution in [-0.2, 0) is 17.6 Å². The highest BCUT2D eigenvalue weighted by molar-refractivity contribution is 7.09. The number of hydrogen-bond acceptors (Lipinski definition) is 4. The van der Waals surface area contributed by atoms with Crippen LogP contribution < -0.4 is 5.32 Å². The van der Waals surface area contributed by atoms with Crippen LogP contribution in [0.15, 0.2) is 29.6 Å². The van der Waals surface area contributed by atoms with Crippen LogP contribution in [0.25, 0.3) is 0 Å². The van der Waals surface area contributed by atoms with Crippen LogP contribution in [0.1, 0.15) is 35.5 Å². The Morgan fingerprint density at radius 2 is 2.04 bits per heavy atom. The number of rotatable bonds is 4. The van der Waals surface area contributed by atoms with Gasteiger partial charge in [0.05, 0.1) is 17.1 Å². The summed E-state index contributed by atoms with van der Waals surface area (Å²) in [6.07, 6.45) is 4.35. The third-order valence-electron chi connectivity index (χ3n) is 5.14. The van der Waals surface area contributed by atoms with E-state index in [0.29, 0.717) is 24.9 Å². The van der Waals surface area contributed by atoms with Crippen LogP contribution in [0.5, 0.6) is 0 Å². The normalized spacial score (nSPS) is 22.8. The fourth-order valence-electron chi connectivity index (χ4n) is 3.92. The van der Waals surface area contributed by atoms with Gasteiger partial charge >= 0.3 is 0 Å². The molecule has 2 atom stereocenters. The second-order valence-electron chi connectivity index (χ2n) is 6.89. The monoisotopic (exact) mass is 359 g/mol. The Morgan fingerprint density at radius 3 is 2.88 bits per heavy atom. The summed E-state index contributed by atoms with van der Waals surface area (Å²) in [6.45, 7) is 1.92. The fourth-order valence-corrected chi connectivity index (χ4v) is 4.75. The maximum Gasteiger partial charge on any atom is 0.229 e. The van der Waals surface area contributed by atoms with Gasteiger partial charge in [0, 0.05) is 30.4 Å². The number of fused-ring (bicyclic) bond motifs is 2. The maximum atomic E-state index is 13.0. The molecule has 0 aliphatic carbocycles. The molecule has 1 aromatic heterocycles. The lowest BCUT2D eigenvalue weighted by Crippen LogP contribution is -2.43. The summed E-state index contributed by atoms with van der Waals surface area (Å²) < 4.78 is 13.0. The van der Waals surface area contributed by atoms with Crippen LogP contribution >= 0.6 is 11.3 Å². The predicted molar refractivity (Wildman–Crippen MR) is 96.2 cm³/mol. The van der Waals surface area contributed by atoms with E-state index in [9.17, 15) is 9.18 Å². The number of benzene rings is 1. The quantitative estimate of drug-likeness (QED) is 0.913. The van der Waals surface area contributed by atoms with Gasteiger partial charge in [-0.25, -0.2) is 9.37 Å². The van der Waals surface area contributed by atoms with Gasteiger partial charge in [0.1, 0.15) is 5.82 Å². The summed E-state index contributed by atoms with van der Waals surface area (Å²) >= 11 is 1.57. The molecule has 2 saturated heterocycles. The van der Waals surface area contributed by atoms with Gasteiger partial charge in [0.2, 0.25) is 5.91 Å². The van der Waals surface area contributed by atoms with Gasteiger partial charge in [-0.15, -0.1) is 11.3 Å². The van der Waals surface area contributed by atoms with Gasteiger partial charge in [0.15, 0.2) is 0 Å². The van der Waals surface area contributed by atoms with Crippen molar-refractivity contribution < 1.29 is 9.18 Å². The minimum atomic E-state index is -0.226. The van der Waals surface area contributed by atoms with Gasteiger partial charge in [-0.2, -0.15) is 0 Å². The Bertz CT molecular complexity index is 731. The van der Waals surface area contributed by atoms with E-state index in [0.717, 1.165) is 48.6 Å². The van der Waals surface area contributed by atoms with E-state index in [1.807, 2.05) is 5.38 Å². The van der Waals surface area contributed by atoms with E-state index in [2.05, 4.69) is 15.2 Å². The SMILES string of the molecule is O=C(Cc1csc(Cc2ccc(F)cc2)n1)N1C2CCNCC1CC2. The topological polar surface area (TPSA) is 45.2 Å². The van der Waals surface area contributed by atoms with E-state index in [1.165, 1.54) is 12.1 Å². The highest BCUT2D eigenvalue weighted by Crippen LogP contribution is 2.28. The highest BCUT2D eigenvalue weighted by Gasteiger charge is 2.37. The summed E-state index contributed by atoms with van der Waals surface area (Å²) in [4.78, 5) is 19.5. The van der Waals surface area contributed by atoms with Crippen LogP contribution in [-0.4, -0.2) is 41.0 Å². The minimum absolute atomic E-state index is 0.204. The molecule has 0 radical (unpaired) electrons. The molecular formula is C19H22FN3OS. The van der Waals surface area contributed by atoms with Crippen molar-refractivity contribution in [2.45, 2.75) is 44.2 Å². The first-order valence-electron chi connectivity index (χ1n) is 8.88. The zero-order valence-corrected chi connectivity index (χ0v) is 14.9. The highest BCUT2D eigenvalue weighted by atomic mass is 32.1. The number of hydrogen-bond donors (Lipinski definition) is 1. The maximum absolute atomic E-state index is 13.0. The Morgan fingerprint density at radius 1 is 1.24 bits per heavy atom. The number of aromatic nitrogens is 1. The smallest absolute Gasteiger partial charge is 0.229 e. The molecule has 0 spiro atoms. The molecular weight excluding hydrogens is 337 g/mol. The fraction of sp³-hybridized carbons (Fsp3) is 0.474. The molecule has 4 rings (SSSR count). The lowest BCUT2D eigenvalue weighted by Gasteiger charge is -2.27. The van der Waals surface area contributed by atoms with E-state index < -0.39 is 0 Å². The van der Waals surface area contributed by atoms with Crippen molar-refractivity contribution in [3.05, 3.63) is 51.7 Å². The molecule has 2 aliphatic rings. The Hall–Kier alpha value is -1.79. The van der Waals surface area contributed by atoms with Crippen molar-refractivity contribution >= 4 is 17.2 Å². The number of nitrogens with zero attached hydrogens (tertiary/aromatic N) is 2. The zero-order valence-electron chi connectivity index (χ0n) is 14.1. The summed E-state index contributed by atoms with van der Waals surface area (Å²) in [5, 5.41) is 6.38. The van der Waals surface area contributed by atoms with Crippen molar-refractivity contribution in [1.82, 2.24) is 15.2 Å². The molecule has 1 amide bonds. The molecule has 4 nitrogen and oxygen atoms in total.